The van der Waals surface area contributed by atoms with E-state index in [-0.39, 0.29) is 0 Å². The molecule has 1 unspecified atom stereocenters. The van der Waals surface area contributed by atoms with Crippen molar-refractivity contribution in [2.75, 3.05) is 39.4 Å². The van der Waals surface area contributed by atoms with Crippen LogP contribution in [0.4, 0.5) is 0 Å². The quantitative estimate of drug-likeness (QED) is 0.693. The van der Waals surface area contributed by atoms with Gasteiger partial charge in [-0.05, 0) is 37.8 Å². The fraction of sp³-hybridized carbons (Fsp3) is 0.917. The largest absolute Gasteiger partial charge is 0.378 e. The van der Waals surface area contributed by atoms with Gasteiger partial charge in [0.2, 0.25) is 5.91 Å². The average molecular weight is 224 g/mol. The number of rotatable bonds is 1. The van der Waals surface area contributed by atoms with E-state index < -0.39 is 0 Å². The third-order valence-corrected chi connectivity index (χ3v) is 4.41. The molecule has 0 radical (unpaired) electrons. The van der Waals surface area contributed by atoms with E-state index in [0.717, 1.165) is 32.6 Å². The van der Waals surface area contributed by atoms with Crippen LogP contribution in [0.1, 0.15) is 19.3 Å². The molecule has 2 heterocycles. The summed E-state index contributed by atoms with van der Waals surface area (Å²) in [6, 6.07) is 0. The summed E-state index contributed by atoms with van der Waals surface area (Å²) in [7, 11) is 0. The summed E-state index contributed by atoms with van der Waals surface area (Å²) in [5.74, 6) is 0.720. The summed E-state index contributed by atoms with van der Waals surface area (Å²) >= 11 is 0. The Morgan fingerprint density at radius 3 is 2.62 bits per heavy atom. The van der Waals surface area contributed by atoms with Crippen molar-refractivity contribution in [3.63, 3.8) is 0 Å². The Bertz CT molecular complexity index is 281. The summed E-state index contributed by atoms with van der Waals surface area (Å²) in [5.41, 5.74) is 0.376. The summed E-state index contributed by atoms with van der Waals surface area (Å²) in [6.45, 7) is 5.20. The van der Waals surface area contributed by atoms with Gasteiger partial charge in [-0.1, -0.05) is 0 Å². The molecule has 0 aromatic carbocycles. The highest BCUT2D eigenvalue weighted by Crippen LogP contribution is 2.59. The standard InChI is InChI=1S/C12H20N2O2/c15-11(14-5-7-16-8-6-14)10-9-12(10)1-3-13-4-2-12/h10,13H,1-9H2. The number of hydrogen-bond acceptors (Lipinski definition) is 3. The lowest BCUT2D eigenvalue weighted by atomic mass is 9.91. The number of carbonyl (C=O) groups is 1. The number of nitrogens with zero attached hydrogens (tertiary/aromatic N) is 1. The van der Waals surface area contributed by atoms with Gasteiger partial charge in [0.15, 0.2) is 0 Å². The molecule has 90 valence electrons. The molecule has 2 saturated heterocycles. The Kier molecular flexibility index (Phi) is 2.64. The van der Waals surface area contributed by atoms with Crippen molar-refractivity contribution >= 4 is 5.91 Å². The van der Waals surface area contributed by atoms with Gasteiger partial charge in [-0.15, -0.1) is 0 Å². The van der Waals surface area contributed by atoms with Gasteiger partial charge in [0.05, 0.1) is 13.2 Å². The number of nitrogens with one attached hydrogen (secondary N) is 1. The molecule has 0 aromatic heterocycles. The van der Waals surface area contributed by atoms with Crippen molar-refractivity contribution in [1.82, 2.24) is 10.2 Å². The summed E-state index contributed by atoms with van der Waals surface area (Å²) in [6.07, 6.45) is 3.51. The summed E-state index contributed by atoms with van der Waals surface area (Å²) in [4.78, 5) is 14.3. The predicted molar refractivity (Wildman–Crippen MR) is 60.0 cm³/mol. The molecule has 16 heavy (non-hydrogen) atoms. The van der Waals surface area contributed by atoms with Crippen molar-refractivity contribution in [3.05, 3.63) is 0 Å². The zero-order valence-corrected chi connectivity index (χ0v) is 9.71. The first-order valence-corrected chi connectivity index (χ1v) is 6.39. The van der Waals surface area contributed by atoms with Crippen LogP contribution in [0, 0.1) is 11.3 Å². The molecule has 1 atom stereocenters. The molecular weight excluding hydrogens is 204 g/mol. The Morgan fingerprint density at radius 2 is 1.94 bits per heavy atom. The van der Waals surface area contributed by atoms with Crippen LogP contribution in [-0.2, 0) is 9.53 Å². The van der Waals surface area contributed by atoms with E-state index in [1.165, 1.54) is 12.8 Å². The van der Waals surface area contributed by atoms with Gasteiger partial charge >= 0.3 is 0 Å². The fourth-order valence-corrected chi connectivity index (χ4v) is 3.18. The van der Waals surface area contributed by atoms with Crippen molar-refractivity contribution < 1.29 is 9.53 Å². The molecular formula is C12H20N2O2. The molecule has 4 heteroatoms. The van der Waals surface area contributed by atoms with E-state index in [4.69, 9.17) is 4.74 Å². The van der Waals surface area contributed by atoms with Crippen LogP contribution in [0.2, 0.25) is 0 Å². The highest BCUT2D eigenvalue weighted by atomic mass is 16.5. The minimum absolute atomic E-state index is 0.327. The average Bonchev–Trinajstić information content (AvgIpc) is 3.04. The Labute approximate surface area is 96.3 Å². The van der Waals surface area contributed by atoms with Crippen molar-refractivity contribution in [3.8, 4) is 0 Å². The lowest BCUT2D eigenvalue weighted by Crippen LogP contribution is -2.43. The normalized spacial score (nSPS) is 32.8. The molecule has 0 aromatic rings. The predicted octanol–water partition coefficient (Wildman–Crippen LogP) is 0.235. The molecule has 2 aliphatic heterocycles. The number of amides is 1. The molecule has 4 nitrogen and oxygen atoms in total. The lowest BCUT2D eigenvalue weighted by molar-refractivity contribution is -0.137. The van der Waals surface area contributed by atoms with Gasteiger partial charge in [0, 0.05) is 19.0 Å². The number of morpholine rings is 1. The molecule has 1 saturated carbocycles. The van der Waals surface area contributed by atoms with Crippen LogP contribution in [0.15, 0.2) is 0 Å². The third-order valence-electron chi connectivity index (χ3n) is 4.41. The molecule has 3 aliphatic rings. The second-order valence-electron chi connectivity index (χ2n) is 5.31. The van der Waals surface area contributed by atoms with Gasteiger partial charge in [0.25, 0.3) is 0 Å². The Balaban J connectivity index is 1.60. The molecule has 1 N–H and O–H groups in total. The zero-order chi connectivity index (χ0) is 11.0. The van der Waals surface area contributed by atoms with E-state index in [0.29, 0.717) is 30.5 Å². The van der Waals surface area contributed by atoms with Crippen LogP contribution in [0.3, 0.4) is 0 Å². The first kappa shape index (κ1) is 10.5. The number of piperidine rings is 1. The van der Waals surface area contributed by atoms with Crippen LogP contribution in [0.25, 0.3) is 0 Å². The maximum Gasteiger partial charge on any atom is 0.226 e. The van der Waals surface area contributed by atoms with E-state index in [1.807, 2.05) is 4.90 Å². The van der Waals surface area contributed by atoms with E-state index >= 15 is 0 Å². The second-order valence-corrected chi connectivity index (χ2v) is 5.31. The number of hydrogen-bond donors (Lipinski definition) is 1. The summed E-state index contributed by atoms with van der Waals surface area (Å²) in [5, 5.41) is 3.37. The van der Waals surface area contributed by atoms with Crippen molar-refractivity contribution in [1.29, 1.82) is 0 Å². The van der Waals surface area contributed by atoms with E-state index in [9.17, 15) is 4.79 Å². The maximum atomic E-state index is 12.3. The van der Waals surface area contributed by atoms with Gasteiger partial charge in [-0.2, -0.15) is 0 Å². The Morgan fingerprint density at radius 1 is 1.25 bits per heavy atom. The number of carbonyl (C=O) groups excluding carboxylic acids is 1. The molecule has 1 spiro atoms. The monoisotopic (exact) mass is 224 g/mol. The minimum atomic E-state index is 0.327. The van der Waals surface area contributed by atoms with Crippen LogP contribution in [-0.4, -0.2) is 50.2 Å². The van der Waals surface area contributed by atoms with Gasteiger partial charge in [-0.25, -0.2) is 0 Å². The van der Waals surface area contributed by atoms with Crippen LogP contribution < -0.4 is 5.32 Å². The molecule has 3 fully saturated rings. The van der Waals surface area contributed by atoms with Gasteiger partial charge in [-0.3, -0.25) is 4.79 Å². The fourth-order valence-electron chi connectivity index (χ4n) is 3.18. The maximum absolute atomic E-state index is 12.3. The smallest absolute Gasteiger partial charge is 0.226 e. The van der Waals surface area contributed by atoms with Gasteiger partial charge < -0.3 is 15.0 Å². The second kappa shape index (κ2) is 4.00. The molecule has 1 amide bonds. The minimum Gasteiger partial charge on any atom is -0.378 e. The topological polar surface area (TPSA) is 41.6 Å². The lowest BCUT2D eigenvalue weighted by Gasteiger charge is -2.29. The number of ether oxygens (including phenoxy) is 1. The zero-order valence-electron chi connectivity index (χ0n) is 9.71. The highest BCUT2D eigenvalue weighted by molar-refractivity contribution is 5.82. The van der Waals surface area contributed by atoms with E-state index in [1.54, 1.807) is 0 Å². The molecule has 3 rings (SSSR count). The Hall–Kier alpha value is -0.610. The summed E-state index contributed by atoms with van der Waals surface area (Å²) < 4.78 is 5.28. The molecule has 0 bridgehead atoms. The van der Waals surface area contributed by atoms with Crippen LogP contribution in [0.5, 0.6) is 0 Å². The van der Waals surface area contributed by atoms with Crippen molar-refractivity contribution in [2.24, 2.45) is 11.3 Å². The molecule has 1 aliphatic carbocycles. The third kappa shape index (κ3) is 1.74. The SMILES string of the molecule is O=C(C1CC12CCNCC2)N1CCOCC1. The first-order chi connectivity index (χ1) is 7.82. The first-order valence-electron chi connectivity index (χ1n) is 6.39. The van der Waals surface area contributed by atoms with Gasteiger partial charge in [0.1, 0.15) is 0 Å². The van der Waals surface area contributed by atoms with Crippen LogP contribution >= 0.6 is 0 Å². The highest BCUT2D eigenvalue weighted by Gasteiger charge is 2.58. The van der Waals surface area contributed by atoms with Crippen molar-refractivity contribution in [2.45, 2.75) is 19.3 Å². The van der Waals surface area contributed by atoms with E-state index in [2.05, 4.69) is 5.32 Å².